The summed E-state index contributed by atoms with van der Waals surface area (Å²) in [6, 6.07) is 9.82. The number of hydrogen-bond acceptors (Lipinski definition) is 4. The lowest BCUT2D eigenvalue weighted by molar-refractivity contribution is -0.0512. The maximum Gasteiger partial charge on any atom is 0.387 e. The van der Waals surface area contributed by atoms with Crippen molar-refractivity contribution >= 4 is 5.91 Å². The second-order valence-electron chi connectivity index (χ2n) is 6.02. The zero-order chi connectivity index (χ0) is 19.4. The molecule has 1 saturated heterocycles. The Morgan fingerprint density at radius 3 is 2.74 bits per heavy atom. The van der Waals surface area contributed by atoms with Crippen molar-refractivity contribution in [3.63, 3.8) is 0 Å². The summed E-state index contributed by atoms with van der Waals surface area (Å²) >= 11 is 0. The van der Waals surface area contributed by atoms with Crippen LogP contribution in [0.5, 0.6) is 11.5 Å². The maximum absolute atomic E-state index is 13.6. The number of carbonyl (C=O) groups excluding carboxylic acids is 1. The highest BCUT2D eigenvalue weighted by Crippen LogP contribution is 2.31. The van der Waals surface area contributed by atoms with Crippen LogP contribution in [0.2, 0.25) is 0 Å². The number of methoxy groups -OCH3 is 1. The Balaban J connectivity index is 1.90. The van der Waals surface area contributed by atoms with Crippen LogP contribution in [-0.4, -0.2) is 44.2 Å². The second kappa shape index (κ2) is 8.30. The summed E-state index contributed by atoms with van der Waals surface area (Å²) in [6.07, 6.45) is 0. The Kier molecular flexibility index (Phi) is 5.85. The minimum atomic E-state index is -3.04. The molecule has 0 saturated carbocycles. The first kappa shape index (κ1) is 19.0. The van der Waals surface area contributed by atoms with Crippen molar-refractivity contribution in [2.75, 3.05) is 26.7 Å². The fourth-order valence-electron chi connectivity index (χ4n) is 3.12. The number of halogens is 3. The fraction of sp³-hybridized carbons (Fsp3) is 0.316. The molecule has 0 spiro atoms. The van der Waals surface area contributed by atoms with E-state index in [9.17, 15) is 18.0 Å². The third kappa shape index (κ3) is 4.33. The topological polar surface area (TPSA) is 50.8 Å². The number of carbonyl (C=O) groups is 1. The highest BCUT2D eigenvalue weighted by molar-refractivity contribution is 5.95. The van der Waals surface area contributed by atoms with Gasteiger partial charge >= 0.3 is 6.61 Å². The van der Waals surface area contributed by atoms with Gasteiger partial charge in [0.05, 0.1) is 13.2 Å². The molecule has 1 aliphatic rings. The van der Waals surface area contributed by atoms with Crippen LogP contribution in [0.4, 0.5) is 13.2 Å². The summed E-state index contributed by atoms with van der Waals surface area (Å²) in [5.41, 5.74) is 0.850. The Bertz CT molecular complexity index is 817. The smallest absolute Gasteiger partial charge is 0.387 e. The SMILES string of the molecule is COc1ccc(C(=O)N2CCNCC2c2cccc(F)c2)cc1OC(F)F. The highest BCUT2D eigenvalue weighted by Gasteiger charge is 2.29. The Hall–Kier alpha value is -2.74. The molecule has 0 radical (unpaired) electrons. The normalized spacial score (nSPS) is 17.1. The maximum atomic E-state index is 13.6. The van der Waals surface area contributed by atoms with Crippen LogP contribution in [0.1, 0.15) is 22.0 Å². The highest BCUT2D eigenvalue weighted by atomic mass is 19.3. The quantitative estimate of drug-likeness (QED) is 0.866. The van der Waals surface area contributed by atoms with Crippen LogP contribution in [0.25, 0.3) is 0 Å². The van der Waals surface area contributed by atoms with Crippen molar-refractivity contribution in [3.8, 4) is 11.5 Å². The molecule has 1 amide bonds. The lowest BCUT2D eigenvalue weighted by Crippen LogP contribution is -2.48. The molecule has 2 aromatic carbocycles. The van der Waals surface area contributed by atoms with Gasteiger partial charge in [0.2, 0.25) is 0 Å². The van der Waals surface area contributed by atoms with Crippen LogP contribution >= 0.6 is 0 Å². The van der Waals surface area contributed by atoms with Crippen LogP contribution < -0.4 is 14.8 Å². The third-order valence-electron chi connectivity index (χ3n) is 4.36. The molecule has 27 heavy (non-hydrogen) atoms. The molecule has 1 aliphatic heterocycles. The van der Waals surface area contributed by atoms with Gasteiger partial charge in [0, 0.05) is 25.2 Å². The van der Waals surface area contributed by atoms with E-state index in [0.29, 0.717) is 25.2 Å². The van der Waals surface area contributed by atoms with Crippen LogP contribution in [-0.2, 0) is 0 Å². The third-order valence-corrected chi connectivity index (χ3v) is 4.36. The molecule has 1 unspecified atom stereocenters. The number of amides is 1. The molecule has 0 aromatic heterocycles. The average Bonchev–Trinajstić information content (AvgIpc) is 2.67. The summed E-state index contributed by atoms with van der Waals surface area (Å²) in [4.78, 5) is 14.6. The van der Waals surface area contributed by atoms with Crippen molar-refractivity contribution in [2.45, 2.75) is 12.7 Å². The largest absolute Gasteiger partial charge is 0.493 e. The summed E-state index contributed by atoms with van der Waals surface area (Å²) in [5.74, 6) is -0.847. The molecular weight excluding hydrogens is 361 g/mol. The van der Waals surface area contributed by atoms with Crippen LogP contribution in [0.15, 0.2) is 42.5 Å². The lowest BCUT2D eigenvalue weighted by atomic mass is 10.0. The number of alkyl halides is 2. The number of nitrogens with one attached hydrogen (secondary N) is 1. The molecule has 0 aliphatic carbocycles. The van der Waals surface area contributed by atoms with E-state index in [0.717, 1.165) is 0 Å². The predicted molar refractivity (Wildman–Crippen MR) is 92.7 cm³/mol. The molecule has 1 fully saturated rings. The van der Waals surface area contributed by atoms with E-state index in [1.165, 1.54) is 37.4 Å². The van der Waals surface area contributed by atoms with E-state index >= 15 is 0 Å². The van der Waals surface area contributed by atoms with E-state index in [1.54, 1.807) is 17.0 Å². The van der Waals surface area contributed by atoms with Crippen LogP contribution in [0.3, 0.4) is 0 Å². The molecule has 144 valence electrons. The molecule has 1 N–H and O–H groups in total. The van der Waals surface area contributed by atoms with Gasteiger partial charge in [-0.05, 0) is 35.9 Å². The van der Waals surface area contributed by atoms with Gasteiger partial charge in [0.25, 0.3) is 5.91 Å². The van der Waals surface area contributed by atoms with Crippen molar-refractivity contribution in [3.05, 3.63) is 59.4 Å². The van der Waals surface area contributed by atoms with Gasteiger partial charge in [-0.1, -0.05) is 12.1 Å². The molecule has 3 rings (SSSR count). The first-order valence-corrected chi connectivity index (χ1v) is 8.39. The summed E-state index contributed by atoms with van der Waals surface area (Å²) in [7, 11) is 1.32. The summed E-state index contributed by atoms with van der Waals surface area (Å²) in [6.45, 7) is -1.60. The number of rotatable bonds is 5. The Labute approximate surface area is 154 Å². The zero-order valence-electron chi connectivity index (χ0n) is 14.6. The minimum absolute atomic E-state index is 0.105. The number of nitrogens with zero attached hydrogens (tertiary/aromatic N) is 1. The average molecular weight is 380 g/mol. The molecule has 1 heterocycles. The molecule has 2 aromatic rings. The van der Waals surface area contributed by atoms with Crippen molar-refractivity contribution in [1.82, 2.24) is 10.2 Å². The summed E-state index contributed by atoms with van der Waals surface area (Å²) in [5, 5.41) is 3.18. The number of ether oxygens (including phenoxy) is 2. The van der Waals surface area contributed by atoms with E-state index < -0.39 is 6.61 Å². The Morgan fingerprint density at radius 1 is 1.22 bits per heavy atom. The second-order valence-corrected chi connectivity index (χ2v) is 6.02. The fourth-order valence-corrected chi connectivity index (χ4v) is 3.12. The van der Waals surface area contributed by atoms with E-state index in [-0.39, 0.29) is 34.8 Å². The van der Waals surface area contributed by atoms with Gasteiger partial charge in [-0.2, -0.15) is 8.78 Å². The van der Waals surface area contributed by atoms with Gasteiger partial charge in [-0.15, -0.1) is 0 Å². The number of piperazine rings is 1. The minimum Gasteiger partial charge on any atom is -0.493 e. The van der Waals surface area contributed by atoms with Crippen molar-refractivity contribution in [1.29, 1.82) is 0 Å². The van der Waals surface area contributed by atoms with Gasteiger partial charge in [0.15, 0.2) is 11.5 Å². The number of benzene rings is 2. The van der Waals surface area contributed by atoms with Gasteiger partial charge in [-0.25, -0.2) is 4.39 Å². The first-order chi connectivity index (χ1) is 13.0. The van der Waals surface area contributed by atoms with Gasteiger partial charge < -0.3 is 19.7 Å². The molecule has 0 bridgehead atoms. The predicted octanol–water partition coefficient (Wildman–Crippen LogP) is 3.22. The van der Waals surface area contributed by atoms with E-state index in [2.05, 4.69) is 10.1 Å². The van der Waals surface area contributed by atoms with E-state index in [4.69, 9.17) is 4.74 Å². The van der Waals surface area contributed by atoms with Gasteiger partial charge in [-0.3, -0.25) is 4.79 Å². The molecule has 8 heteroatoms. The lowest BCUT2D eigenvalue weighted by Gasteiger charge is -2.36. The monoisotopic (exact) mass is 380 g/mol. The molecular formula is C19H19F3N2O3. The standard InChI is InChI=1S/C19H19F3N2O3/c1-26-16-6-5-13(10-17(16)27-19(21)22)18(25)24-8-7-23-11-15(24)12-3-2-4-14(20)9-12/h2-6,9-10,15,19,23H,7-8,11H2,1H3. The number of hydrogen-bond donors (Lipinski definition) is 1. The summed E-state index contributed by atoms with van der Waals surface area (Å²) < 4.78 is 48.3. The Morgan fingerprint density at radius 2 is 2.04 bits per heavy atom. The zero-order valence-corrected chi connectivity index (χ0v) is 14.6. The van der Waals surface area contributed by atoms with Gasteiger partial charge in [0.1, 0.15) is 5.82 Å². The molecule has 5 nitrogen and oxygen atoms in total. The van der Waals surface area contributed by atoms with E-state index in [1.807, 2.05) is 0 Å². The van der Waals surface area contributed by atoms with Crippen LogP contribution in [0, 0.1) is 5.82 Å². The van der Waals surface area contributed by atoms with Crippen molar-refractivity contribution < 1.29 is 27.4 Å². The molecule has 1 atom stereocenters. The first-order valence-electron chi connectivity index (χ1n) is 8.39. The van der Waals surface area contributed by atoms with Crippen molar-refractivity contribution in [2.24, 2.45) is 0 Å².